The monoisotopic (exact) mass is 300 g/mol. The minimum atomic E-state index is 0.836. The number of hydrogen-bond donors (Lipinski definition) is 0. The van der Waals surface area contributed by atoms with Gasteiger partial charge in [0.1, 0.15) is 6.33 Å². The second-order valence-electron chi connectivity index (χ2n) is 5.29. The highest BCUT2D eigenvalue weighted by Gasteiger charge is 2.20. The zero-order chi connectivity index (χ0) is 14.2. The van der Waals surface area contributed by atoms with E-state index in [1.807, 2.05) is 10.6 Å². The fourth-order valence-corrected chi connectivity index (χ4v) is 3.32. The van der Waals surface area contributed by atoms with Crippen molar-refractivity contribution in [2.75, 3.05) is 38.1 Å². The first-order chi connectivity index (χ1) is 10.3. The van der Waals surface area contributed by atoms with E-state index in [2.05, 4.69) is 48.9 Å². The van der Waals surface area contributed by atoms with Gasteiger partial charge in [0.2, 0.25) is 5.65 Å². The first-order valence-corrected chi connectivity index (χ1v) is 7.92. The molecule has 1 saturated heterocycles. The van der Waals surface area contributed by atoms with Gasteiger partial charge in [-0.1, -0.05) is 0 Å². The Kier molecular flexibility index (Phi) is 3.08. The normalized spacial score (nSPS) is 16.7. The number of likely N-dealkylation sites (N-methyl/N-ethyl adjacent to an activating group) is 1. The van der Waals surface area contributed by atoms with E-state index < -0.39 is 0 Å². The van der Waals surface area contributed by atoms with Crippen molar-refractivity contribution in [3.05, 3.63) is 29.4 Å². The molecular weight excluding hydrogens is 284 g/mol. The summed E-state index contributed by atoms with van der Waals surface area (Å²) >= 11 is 1.68. The molecule has 4 rings (SSSR count). The van der Waals surface area contributed by atoms with Crippen molar-refractivity contribution < 1.29 is 0 Å². The summed E-state index contributed by atoms with van der Waals surface area (Å²) in [5, 5.41) is 12.5. The van der Waals surface area contributed by atoms with E-state index >= 15 is 0 Å². The maximum atomic E-state index is 4.67. The largest absolute Gasteiger partial charge is 0.351 e. The van der Waals surface area contributed by atoms with Gasteiger partial charge in [-0.25, -0.2) is 4.98 Å². The lowest BCUT2D eigenvalue weighted by molar-refractivity contribution is 0.312. The van der Waals surface area contributed by atoms with Crippen molar-refractivity contribution in [2.24, 2.45) is 0 Å². The Hall–Kier alpha value is -1.99. The second kappa shape index (κ2) is 5.09. The number of thiophene rings is 1. The zero-order valence-electron chi connectivity index (χ0n) is 11.8. The van der Waals surface area contributed by atoms with Crippen LogP contribution in [0.15, 0.2) is 29.4 Å². The number of rotatable bonds is 2. The van der Waals surface area contributed by atoms with Crippen LogP contribution in [-0.2, 0) is 0 Å². The highest BCUT2D eigenvalue weighted by Crippen LogP contribution is 2.26. The van der Waals surface area contributed by atoms with Crippen LogP contribution in [0.5, 0.6) is 0 Å². The molecule has 1 aliphatic rings. The maximum absolute atomic E-state index is 4.67. The molecule has 1 fully saturated rings. The predicted molar refractivity (Wildman–Crippen MR) is 83.8 cm³/mol. The third-order valence-corrected chi connectivity index (χ3v) is 4.62. The average Bonchev–Trinajstić information content (AvgIpc) is 3.19. The lowest BCUT2D eigenvalue weighted by Crippen LogP contribution is -2.45. The van der Waals surface area contributed by atoms with Gasteiger partial charge in [0.15, 0.2) is 5.82 Å². The van der Waals surface area contributed by atoms with E-state index in [1.54, 1.807) is 17.7 Å². The van der Waals surface area contributed by atoms with E-state index in [-0.39, 0.29) is 0 Å². The molecule has 0 N–H and O–H groups in total. The summed E-state index contributed by atoms with van der Waals surface area (Å²) in [5.74, 6) is 0.930. The SMILES string of the molecule is CN1CCN(c2ncc(-c3ccsc3)n3cnnc23)CC1. The smallest absolute Gasteiger partial charge is 0.204 e. The minimum Gasteiger partial charge on any atom is -0.351 e. The summed E-state index contributed by atoms with van der Waals surface area (Å²) in [5.41, 5.74) is 3.03. The van der Waals surface area contributed by atoms with Crippen molar-refractivity contribution >= 4 is 22.8 Å². The molecule has 3 aromatic heterocycles. The summed E-state index contributed by atoms with van der Waals surface area (Å²) in [7, 11) is 2.15. The number of nitrogens with zero attached hydrogens (tertiary/aromatic N) is 6. The quantitative estimate of drug-likeness (QED) is 0.719. The Labute approximate surface area is 126 Å². The minimum absolute atomic E-state index is 0.836. The van der Waals surface area contributed by atoms with Crippen LogP contribution in [0, 0.1) is 0 Å². The summed E-state index contributed by atoms with van der Waals surface area (Å²) in [4.78, 5) is 9.30. The molecule has 3 aromatic rings. The van der Waals surface area contributed by atoms with Crippen molar-refractivity contribution in [3.8, 4) is 11.3 Å². The molecule has 0 aliphatic carbocycles. The second-order valence-corrected chi connectivity index (χ2v) is 6.07. The molecule has 0 saturated carbocycles. The van der Waals surface area contributed by atoms with E-state index in [9.17, 15) is 0 Å². The summed E-state index contributed by atoms with van der Waals surface area (Å²) in [6, 6.07) is 2.09. The summed E-state index contributed by atoms with van der Waals surface area (Å²) < 4.78 is 2.03. The molecule has 0 amide bonds. The number of piperazine rings is 1. The van der Waals surface area contributed by atoms with E-state index in [0.29, 0.717) is 0 Å². The maximum Gasteiger partial charge on any atom is 0.204 e. The Morgan fingerprint density at radius 1 is 1.19 bits per heavy atom. The van der Waals surface area contributed by atoms with Gasteiger partial charge in [-0.05, 0) is 18.5 Å². The van der Waals surface area contributed by atoms with Gasteiger partial charge in [-0.2, -0.15) is 11.3 Å². The van der Waals surface area contributed by atoms with Crippen LogP contribution in [0.1, 0.15) is 0 Å². The molecule has 0 bridgehead atoms. The molecule has 108 valence electrons. The number of anilines is 1. The molecule has 7 heteroatoms. The summed E-state index contributed by atoms with van der Waals surface area (Å²) in [6.07, 6.45) is 3.69. The highest BCUT2D eigenvalue weighted by atomic mass is 32.1. The van der Waals surface area contributed by atoms with E-state index in [4.69, 9.17) is 0 Å². The van der Waals surface area contributed by atoms with Gasteiger partial charge < -0.3 is 9.80 Å². The van der Waals surface area contributed by atoms with Crippen LogP contribution in [0.4, 0.5) is 5.82 Å². The first kappa shape index (κ1) is 12.7. The molecule has 0 atom stereocenters. The first-order valence-electron chi connectivity index (χ1n) is 6.98. The molecule has 4 heterocycles. The fourth-order valence-electron chi connectivity index (χ4n) is 2.67. The topological polar surface area (TPSA) is 49.6 Å². The van der Waals surface area contributed by atoms with Crippen molar-refractivity contribution in [3.63, 3.8) is 0 Å². The lowest BCUT2D eigenvalue weighted by atomic mass is 10.2. The van der Waals surface area contributed by atoms with Gasteiger partial charge in [-0.15, -0.1) is 10.2 Å². The van der Waals surface area contributed by atoms with Gasteiger partial charge in [-0.3, -0.25) is 4.40 Å². The number of hydrogen-bond acceptors (Lipinski definition) is 6. The Bertz CT molecular complexity index is 742. The van der Waals surface area contributed by atoms with Crippen molar-refractivity contribution in [2.45, 2.75) is 0 Å². The van der Waals surface area contributed by atoms with Crippen LogP contribution < -0.4 is 4.90 Å². The highest BCUT2D eigenvalue weighted by molar-refractivity contribution is 7.08. The fraction of sp³-hybridized carbons (Fsp3) is 0.357. The van der Waals surface area contributed by atoms with E-state index in [0.717, 1.165) is 48.9 Å². The Morgan fingerprint density at radius 2 is 2.05 bits per heavy atom. The van der Waals surface area contributed by atoms with Crippen molar-refractivity contribution in [1.29, 1.82) is 0 Å². The molecule has 1 aliphatic heterocycles. The molecule has 0 radical (unpaired) electrons. The molecule has 0 spiro atoms. The Balaban J connectivity index is 1.78. The summed E-state index contributed by atoms with van der Waals surface area (Å²) in [6.45, 7) is 4.05. The van der Waals surface area contributed by atoms with Crippen molar-refractivity contribution in [1.82, 2.24) is 24.5 Å². The molecule has 0 unspecified atom stereocenters. The standard InChI is InChI=1S/C14H16N6S/c1-18-3-5-19(6-4-18)13-14-17-16-10-20(14)12(8-15-13)11-2-7-21-9-11/h2,7-10H,3-6H2,1H3. The molecule has 6 nitrogen and oxygen atoms in total. The van der Waals surface area contributed by atoms with Gasteiger partial charge >= 0.3 is 0 Å². The van der Waals surface area contributed by atoms with Gasteiger partial charge in [0.25, 0.3) is 0 Å². The average molecular weight is 300 g/mol. The van der Waals surface area contributed by atoms with Gasteiger partial charge in [0, 0.05) is 37.1 Å². The molecular formula is C14H16N6S. The molecule has 0 aromatic carbocycles. The van der Waals surface area contributed by atoms with Crippen LogP contribution in [-0.4, -0.2) is 57.7 Å². The number of fused-ring (bicyclic) bond motifs is 1. The van der Waals surface area contributed by atoms with Crippen LogP contribution in [0.2, 0.25) is 0 Å². The Morgan fingerprint density at radius 3 is 2.81 bits per heavy atom. The molecule has 21 heavy (non-hydrogen) atoms. The van der Waals surface area contributed by atoms with Crippen LogP contribution >= 0.6 is 11.3 Å². The third-order valence-electron chi connectivity index (χ3n) is 3.94. The van der Waals surface area contributed by atoms with Crippen LogP contribution in [0.25, 0.3) is 16.9 Å². The number of aromatic nitrogens is 4. The lowest BCUT2D eigenvalue weighted by Gasteiger charge is -2.33. The zero-order valence-corrected chi connectivity index (χ0v) is 12.6. The van der Waals surface area contributed by atoms with Gasteiger partial charge in [0.05, 0.1) is 11.9 Å². The van der Waals surface area contributed by atoms with E-state index in [1.165, 1.54) is 0 Å². The van der Waals surface area contributed by atoms with Crippen LogP contribution in [0.3, 0.4) is 0 Å². The predicted octanol–water partition coefficient (Wildman–Crippen LogP) is 1.60. The third kappa shape index (κ3) is 2.18.